The third kappa shape index (κ3) is 3.95. The first-order valence-corrected chi connectivity index (χ1v) is 8.68. The number of amidine groups is 1. The van der Waals surface area contributed by atoms with Crippen LogP contribution in [0.5, 0.6) is 11.5 Å². The van der Waals surface area contributed by atoms with Crippen molar-refractivity contribution >= 4 is 34.6 Å². The molecule has 1 saturated heterocycles. The fraction of sp³-hybridized carbons (Fsp3) is 0.158. The number of carbonyl (C=O) groups excluding carboxylic acids is 1. The second-order valence-electron chi connectivity index (χ2n) is 5.58. The minimum Gasteiger partial charge on any atom is -0.493 e. The summed E-state index contributed by atoms with van der Waals surface area (Å²) in [6, 6.07) is 8.37. The van der Waals surface area contributed by atoms with Gasteiger partial charge in [0.1, 0.15) is 11.5 Å². The third-order valence-corrected chi connectivity index (χ3v) is 4.89. The maximum atomic E-state index is 13.8. The maximum Gasteiger partial charge on any atom is 0.266 e. The minimum atomic E-state index is -0.790. The van der Waals surface area contributed by atoms with Gasteiger partial charge in [0.05, 0.1) is 19.1 Å². The van der Waals surface area contributed by atoms with Gasteiger partial charge in [0, 0.05) is 13.1 Å². The van der Waals surface area contributed by atoms with E-state index in [0.717, 1.165) is 29.5 Å². The van der Waals surface area contributed by atoms with Gasteiger partial charge in [0.15, 0.2) is 22.5 Å². The van der Waals surface area contributed by atoms with Crippen LogP contribution in [0.25, 0.3) is 6.08 Å². The Labute approximate surface area is 159 Å². The number of benzene rings is 2. The van der Waals surface area contributed by atoms with E-state index in [1.54, 1.807) is 38.4 Å². The number of methoxy groups -OCH3 is 2. The van der Waals surface area contributed by atoms with Crippen LogP contribution in [0.3, 0.4) is 0 Å². The van der Waals surface area contributed by atoms with Crippen LogP contribution in [0.1, 0.15) is 5.56 Å². The maximum absolute atomic E-state index is 13.8. The molecule has 140 valence electrons. The molecule has 0 saturated carbocycles. The highest BCUT2D eigenvalue weighted by Gasteiger charge is 2.30. The van der Waals surface area contributed by atoms with Gasteiger partial charge in [-0.25, -0.2) is 13.8 Å². The second-order valence-corrected chi connectivity index (χ2v) is 6.59. The van der Waals surface area contributed by atoms with Gasteiger partial charge in [-0.1, -0.05) is 6.07 Å². The van der Waals surface area contributed by atoms with E-state index in [2.05, 4.69) is 4.99 Å². The molecule has 0 unspecified atom stereocenters. The SMILES string of the molecule is COc1ccc(/C=C2\SC(=Nc3ccc(F)cc3F)N(C)C2=O)cc1OC. The standard InChI is InChI=1S/C19H16F2N2O3S/c1-23-18(24)17(9-11-4-7-15(25-2)16(8-11)26-3)27-19(23)22-14-6-5-12(20)10-13(14)21/h4-10H,1-3H3/b17-9-,22-19?. The first-order chi connectivity index (χ1) is 12.9. The molecular formula is C19H16F2N2O3S. The molecule has 1 aliphatic rings. The average Bonchev–Trinajstić information content (AvgIpc) is 2.91. The van der Waals surface area contributed by atoms with Crippen LogP contribution >= 0.6 is 11.8 Å². The first kappa shape index (κ1) is 18.9. The Morgan fingerprint density at radius 2 is 1.81 bits per heavy atom. The van der Waals surface area contributed by atoms with Gasteiger partial charge in [-0.05, 0) is 47.7 Å². The number of hydrogen-bond donors (Lipinski definition) is 0. The van der Waals surface area contributed by atoms with Crippen LogP contribution in [-0.4, -0.2) is 37.2 Å². The van der Waals surface area contributed by atoms with Gasteiger partial charge in [0.25, 0.3) is 5.91 Å². The third-order valence-electron chi connectivity index (χ3n) is 3.83. The summed E-state index contributed by atoms with van der Waals surface area (Å²) in [7, 11) is 4.61. The van der Waals surface area contributed by atoms with Crippen LogP contribution < -0.4 is 9.47 Å². The summed E-state index contributed by atoms with van der Waals surface area (Å²) < 4.78 is 37.3. The van der Waals surface area contributed by atoms with Crippen molar-refractivity contribution < 1.29 is 23.0 Å². The molecule has 0 atom stereocenters. The molecule has 1 aliphatic heterocycles. The van der Waals surface area contributed by atoms with Crippen molar-refractivity contribution in [3.05, 3.63) is 58.5 Å². The minimum absolute atomic E-state index is 0.0362. The quantitative estimate of drug-likeness (QED) is 0.734. The smallest absolute Gasteiger partial charge is 0.266 e. The van der Waals surface area contributed by atoms with Crippen molar-refractivity contribution in [3.8, 4) is 11.5 Å². The van der Waals surface area contributed by atoms with Gasteiger partial charge >= 0.3 is 0 Å². The van der Waals surface area contributed by atoms with E-state index in [-0.39, 0.29) is 11.6 Å². The summed E-state index contributed by atoms with van der Waals surface area (Å²) in [5, 5.41) is 0.303. The van der Waals surface area contributed by atoms with E-state index in [1.165, 1.54) is 18.1 Å². The molecular weight excluding hydrogens is 374 g/mol. The van der Waals surface area contributed by atoms with E-state index in [1.807, 2.05) is 0 Å². The molecule has 1 amide bonds. The Kier molecular flexibility index (Phi) is 5.46. The molecule has 2 aromatic carbocycles. The van der Waals surface area contributed by atoms with E-state index in [4.69, 9.17) is 9.47 Å². The Morgan fingerprint density at radius 3 is 2.48 bits per heavy atom. The van der Waals surface area contributed by atoms with Crippen LogP contribution in [-0.2, 0) is 4.79 Å². The van der Waals surface area contributed by atoms with Gasteiger partial charge in [0.2, 0.25) is 0 Å². The van der Waals surface area contributed by atoms with Gasteiger partial charge < -0.3 is 9.47 Å². The molecule has 0 N–H and O–H groups in total. The van der Waals surface area contributed by atoms with Crippen molar-refractivity contribution in [2.75, 3.05) is 21.3 Å². The molecule has 0 aliphatic carbocycles. The zero-order valence-corrected chi connectivity index (χ0v) is 15.6. The fourth-order valence-corrected chi connectivity index (χ4v) is 3.40. The predicted octanol–water partition coefficient (Wildman–Crippen LogP) is 4.22. The Morgan fingerprint density at radius 1 is 1.07 bits per heavy atom. The summed E-state index contributed by atoms with van der Waals surface area (Å²) in [6.45, 7) is 0. The average molecular weight is 390 g/mol. The molecule has 2 aromatic rings. The normalized spacial score (nSPS) is 17.1. The van der Waals surface area contributed by atoms with Crippen molar-refractivity contribution in [2.45, 2.75) is 0 Å². The second kappa shape index (κ2) is 7.79. The number of carbonyl (C=O) groups is 1. The van der Waals surface area contributed by atoms with E-state index >= 15 is 0 Å². The molecule has 5 nitrogen and oxygen atoms in total. The molecule has 0 aromatic heterocycles. The topological polar surface area (TPSA) is 51.1 Å². The predicted molar refractivity (Wildman–Crippen MR) is 101 cm³/mol. The van der Waals surface area contributed by atoms with Crippen molar-refractivity contribution in [1.29, 1.82) is 0 Å². The highest BCUT2D eigenvalue weighted by atomic mass is 32.2. The monoisotopic (exact) mass is 390 g/mol. The van der Waals surface area contributed by atoms with Gasteiger partial charge in [-0.15, -0.1) is 0 Å². The molecule has 0 spiro atoms. The molecule has 0 radical (unpaired) electrons. The molecule has 1 fully saturated rings. The van der Waals surface area contributed by atoms with Crippen LogP contribution in [0.2, 0.25) is 0 Å². The number of halogens is 2. The zero-order chi connectivity index (χ0) is 19.6. The lowest BCUT2D eigenvalue weighted by Crippen LogP contribution is -2.23. The molecule has 3 rings (SSSR count). The fourth-order valence-electron chi connectivity index (χ4n) is 2.42. The number of aliphatic imine (C=N–C) groups is 1. The first-order valence-electron chi connectivity index (χ1n) is 7.86. The van der Waals surface area contributed by atoms with E-state index in [9.17, 15) is 13.6 Å². The summed E-state index contributed by atoms with van der Waals surface area (Å²) in [5.74, 6) is -0.625. The molecule has 0 bridgehead atoms. The Balaban J connectivity index is 1.91. The number of likely N-dealkylation sites (N-methyl/N-ethyl adjacent to an activating group) is 1. The largest absolute Gasteiger partial charge is 0.493 e. The van der Waals surface area contributed by atoms with Gasteiger partial charge in [-0.2, -0.15) is 0 Å². The lowest BCUT2D eigenvalue weighted by molar-refractivity contribution is -0.121. The number of ether oxygens (including phenoxy) is 2. The summed E-state index contributed by atoms with van der Waals surface area (Å²) >= 11 is 1.11. The lowest BCUT2D eigenvalue weighted by Gasteiger charge is -2.08. The zero-order valence-electron chi connectivity index (χ0n) is 14.8. The lowest BCUT2D eigenvalue weighted by atomic mass is 10.2. The van der Waals surface area contributed by atoms with Crippen molar-refractivity contribution in [3.63, 3.8) is 0 Å². The summed E-state index contributed by atoms with van der Waals surface area (Å²) in [6.07, 6.45) is 1.69. The highest BCUT2D eigenvalue weighted by molar-refractivity contribution is 8.18. The molecule has 1 heterocycles. The number of thioether (sulfide) groups is 1. The van der Waals surface area contributed by atoms with Crippen LogP contribution in [0.15, 0.2) is 46.3 Å². The van der Waals surface area contributed by atoms with Gasteiger partial charge in [-0.3, -0.25) is 9.69 Å². The number of nitrogens with zero attached hydrogens (tertiary/aromatic N) is 2. The summed E-state index contributed by atoms with van der Waals surface area (Å²) in [4.78, 5) is 18.4. The number of amides is 1. The van der Waals surface area contributed by atoms with E-state index < -0.39 is 11.6 Å². The van der Waals surface area contributed by atoms with E-state index in [0.29, 0.717) is 21.6 Å². The molecule has 27 heavy (non-hydrogen) atoms. The van der Waals surface area contributed by atoms with Crippen molar-refractivity contribution in [1.82, 2.24) is 4.90 Å². The highest BCUT2D eigenvalue weighted by Crippen LogP contribution is 2.35. The Bertz CT molecular complexity index is 960. The van der Waals surface area contributed by atoms with Crippen LogP contribution in [0, 0.1) is 11.6 Å². The van der Waals surface area contributed by atoms with Crippen molar-refractivity contribution in [2.24, 2.45) is 4.99 Å². The number of rotatable bonds is 4. The van der Waals surface area contributed by atoms with Crippen LogP contribution in [0.4, 0.5) is 14.5 Å². The summed E-state index contributed by atoms with van der Waals surface area (Å²) in [5.41, 5.74) is 0.706. The molecule has 8 heteroatoms. The number of hydrogen-bond acceptors (Lipinski definition) is 5. The Hall–Kier alpha value is -2.87.